The molecule has 2 heterocycles. The van der Waals surface area contributed by atoms with Crippen molar-refractivity contribution >= 4 is 29.1 Å². The van der Waals surface area contributed by atoms with Crippen LogP contribution in [0.15, 0.2) is 28.8 Å². The van der Waals surface area contributed by atoms with Gasteiger partial charge in [-0.1, -0.05) is 34.4 Å². The minimum Gasteiger partial charge on any atom is -0.482 e. The molecule has 2 aromatic rings. The fourth-order valence-electron chi connectivity index (χ4n) is 2.28. The Bertz CT molecular complexity index is 679. The van der Waals surface area contributed by atoms with Crippen LogP contribution in [0.3, 0.4) is 0 Å². The molecule has 23 heavy (non-hydrogen) atoms. The molecule has 1 saturated heterocycles. The Morgan fingerprint density at radius 3 is 2.70 bits per heavy atom. The normalized spacial score (nSPS) is 14.8. The van der Waals surface area contributed by atoms with E-state index in [9.17, 15) is 4.79 Å². The number of nitrogens with zero attached hydrogens (tertiary/aromatic N) is 2. The van der Waals surface area contributed by atoms with Gasteiger partial charge in [0.2, 0.25) is 0 Å². The Balaban J connectivity index is 1.64. The van der Waals surface area contributed by atoms with E-state index in [0.29, 0.717) is 34.6 Å². The molecule has 1 N–H and O–H groups in total. The van der Waals surface area contributed by atoms with Crippen molar-refractivity contribution in [3.63, 3.8) is 0 Å². The second-order valence-corrected chi connectivity index (χ2v) is 5.87. The largest absolute Gasteiger partial charge is 0.482 e. The number of carbonyl (C=O) groups is 1. The zero-order valence-corrected chi connectivity index (χ0v) is 13.7. The van der Waals surface area contributed by atoms with Crippen LogP contribution < -0.4 is 10.1 Å². The van der Waals surface area contributed by atoms with Gasteiger partial charge in [-0.15, -0.1) is 0 Å². The monoisotopic (exact) mass is 355 g/mol. The molecule has 0 unspecified atom stereocenters. The van der Waals surface area contributed by atoms with Crippen molar-refractivity contribution < 1.29 is 14.1 Å². The van der Waals surface area contributed by atoms with Crippen LogP contribution in [-0.4, -0.2) is 42.1 Å². The number of piperazine rings is 1. The van der Waals surface area contributed by atoms with E-state index in [1.807, 2.05) is 0 Å². The summed E-state index contributed by atoms with van der Waals surface area (Å²) in [5.74, 6) is 0.666. The highest BCUT2D eigenvalue weighted by molar-refractivity contribution is 6.37. The summed E-state index contributed by atoms with van der Waals surface area (Å²) in [6.45, 7) is 2.97. The SMILES string of the molecule is O=C(c1cc(COc2c(Cl)cccc2Cl)on1)N1CCNCC1. The number of rotatable bonds is 4. The first kappa shape index (κ1) is 16.1. The molecule has 1 aromatic heterocycles. The van der Waals surface area contributed by atoms with Crippen molar-refractivity contribution in [2.24, 2.45) is 0 Å². The van der Waals surface area contributed by atoms with Crippen molar-refractivity contribution in [2.45, 2.75) is 6.61 Å². The average molecular weight is 356 g/mol. The molecule has 8 heteroatoms. The number of amides is 1. The van der Waals surface area contributed by atoms with Gasteiger partial charge in [-0.25, -0.2) is 0 Å². The van der Waals surface area contributed by atoms with Crippen molar-refractivity contribution in [2.75, 3.05) is 26.2 Å². The Labute approximate surface area is 143 Å². The minimum atomic E-state index is -0.141. The van der Waals surface area contributed by atoms with Gasteiger partial charge in [-0.2, -0.15) is 0 Å². The summed E-state index contributed by atoms with van der Waals surface area (Å²) in [5.41, 5.74) is 0.274. The third-order valence-electron chi connectivity index (χ3n) is 3.46. The topological polar surface area (TPSA) is 67.6 Å². The lowest BCUT2D eigenvalue weighted by molar-refractivity contribution is 0.0725. The second-order valence-electron chi connectivity index (χ2n) is 5.06. The van der Waals surface area contributed by atoms with Crippen LogP contribution in [0.2, 0.25) is 10.0 Å². The number of benzene rings is 1. The highest BCUT2D eigenvalue weighted by atomic mass is 35.5. The fourth-order valence-corrected chi connectivity index (χ4v) is 2.78. The first-order valence-corrected chi connectivity index (χ1v) is 7.93. The van der Waals surface area contributed by atoms with Crippen LogP contribution in [0.5, 0.6) is 5.75 Å². The molecule has 1 aromatic carbocycles. The summed E-state index contributed by atoms with van der Waals surface area (Å²) >= 11 is 12.1. The number of para-hydroxylation sites is 1. The van der Waals surface area contributed by atoms with E-state index in [1.165, 1.54) is 0 Å². The van der Waals surface area contributed by atoms with Crippen LogP contribution in [0.1, 0.15) is 16.2 Å². The summed E-state index contributed by atoms with van der Waals surface area (Å²) in [7, 11) is 0. The van der Waals surface area contributed by atoms with Crippen LogP contribution in [-0.2, 0) is 6.61 Å². The minimum absolute atomic E-state index is 0.0886. The molecule has 6 nitrogen and oxygen atoms in total. The van der Waals surface area contributed by atoms with Gasteiger partial charge < -0.3 is 19.5 Å². The molecule has 0 radical (unpaired) electrons. The van der Waals surface area contributed by atoms with Gasteiger partial charge in [0.1, 0.15) is 6.61 Å². The van der Waals surface area contributed by atoms with Crippen LogP contribution >= 0.6 is 23.2 Å². The van der Waals surface area contributed by atoms with Gasteiger partial charge in [0, 0.05) is 32.2 Å². The van der Waals surface area contributed by atoms with Gasteiger partial charge in [-0.05, 0) is 12.1 Å². The first-order chi connectivity index (χ1) is 11.1. The number of halogens is 2. The first-order valence-electron chi connectivity index (χ1n) is 7.17. The number of nitrogens with one attached hydrogen (secondary N) is 1. The standard InChI is InChI=1S/C15H15Cl2N3O3/c16-11-2-1-3-12(17)14(11)22-9-10-8-13(19-23-10)15(21)20-6-4-18-5-7-20/h1-3,8,18H,4-7,9H2. The molecule has 122 valence electrons. The highest BCUT2D eigenvalue weighted by Gasteiger charge is 2.21. The van der Waals surface area contributed by atoms with E-state index in [4.69, 9.17) is 32.5 Å². The smallest absolute Gasteiger partial charge is 0.276 e. The molecule has 1 aliphatic rings. The summed E-state index contributed by atoms with van der Waals surface area (Å²) in [6.07, 6.45) is 0. The van der Waals surface area contributed by atoms with E-state index in [-0.39, 0.29) is 18.2 Å². The van der Waals surface area contributed by atoms with Gasteiger partial charge in [-0.3, -0.25) is 4.79 Å². The molecule has 1 fully saturated rings. The molecule has 1 amide bonds. The lowest BCUT2D eigenvalue weighted by Gasteiger charge is -2.26. The van der Waals surface area contributed by atoms with Crippen LogP contribution in [0.4, 0.5) is 0 Å². The highest BCUT2D eigenvalue weighted by Crippen LogP contribution is 2.32. The maximum atomic E-state index is 12.3. The van der Waals surface area contributed by atoms with Crippen LogP contribution in [0.25, 0.3) is 0 Å². The zero-order valence-electron chi connectivity index (χ0n) is 12.2. The zero-order chi connectivity index (χ0) is 16.2. The van der Waals surface area contributed by atoms with Crippen LogP contribution in [0, 0.1) is 0 Å². The predicted octanol–water partition coefficient (Wildman–Crippen LogP) is 2.61. The van der Waals surface area contributed by atoms with Crippen molar-refractivity contribution in [1.29, 1.82) is 0 Å². The molecule has 0 spiro atoms. The maximum Gasteiger partial charge on any atom is 0.276 e. The molecule has 0 aliphatic carbocycles. The molecule has 0 bridgehead atoms. The number of ether oxygens (including phenoxy) is 1. The number of carbonyl (C=O) groups excluding carboxylic acids is 1. The van der Waals surface area contributed by atoms with E-state index in [1.54, 1.807) is 29.2 Å². The van der Waals surface area contributed by atoms with Gasteiger partial charge in [0.25, 0.3) is 5.91 Å². The quantitative estimate of drug-likeness (QED) is 0.912. The van der Waals surface area contributed by atoms with Crippen molar-refractivity contribution in [1.82, 2.24) is 15.4 Å². The summed E-state index contributed by atoms with van der Waals surface area (Å²) in [6, 6.07) is 6.68. The Morgan fingerprint density at radius 1 is 1.30 bits per heavy atom. The fraction of sp³-hybridized carbons (Fsp3) is 0.333. The summed E-state index contributed by atoms with van der Waals surface area (Å²) in [4.78, 5) is 14.0. The molecule has 1 aliphatic heterocycles. The van der Waals surface area contributed by atoms with Crippen molar-refractivity contribution in [3.8, 4) is 5.75 Å². The maximum absolute atomic E-state index is 12.3. The molecule has 0 saturated carbocycles. The Kier molecular flexibility index (Phi) is 5.05. The lowest BCUT2D eigenvalue weighted by Crippen LogP contribution is -2.46. The van der Waals surface area contributed by atoms with E-state index >= 15 is 0 Å². The van der Waals surface area contributed by atoms with Crippen molar-refractivity contribution in [3.05, 3.63) is 45.8 Å². The third kappa shape index (κ3) is 3.77. The second kappa shape index (κ2) is 7.21. The third-order valence-corrected chi connectivity index (χ3v) is 4.06. The molecule has 0 atom stereocenters. The predicted molar refractivity (Wildman–Crippen MR) is 86.1 cm³/mol. The Morgan fingerprint density at radius 2 is 2.00 bits per heavy atom. The lowest BCUT2D eigenvalue weighted by atomic mass is 10.3. The van der Waals surface area contributed by atoms with Gasteiger partial charge in [0.05, 0.1) is 10.0 Å². The van der Waals surface area contributed by atoms with E-state index < -0.39 is 0 Å². The summed E-state index contributed by atoms with van der Waals surface area (Å²) in [5, 5.41) is 7.83. The molecular formula is C15H15Cl2N3O3. The molecular weight excluding hydrogens is 341 g/mol. The average Bonchev–Trinajstić information content (AvgIpc) is 3.03. The van der Waals surface area contributed by atoms with E-state index in [2.05, 4.69) is 10.5 Å². The van der Waals surface area contributed by atoms with Gasteiger partial charge in [0.15, 0.2) is 17.2 Å². The molecule has 3 rings (SSSR count). The Hall–Kier alpha value is -1.76. The number of hydrogen-bond donors (Lipinski definition) is 1. The number of aromatic nitrogens is 1. The summed E-state index contributed by atoms with van der Waals surface area (Å²) < 4.78 is 10.7. The van der Waals surface area contributed by atoms with E-state index in [0.717, 1.165) is 13.1 Å². The van der Waals surface area contributed by atoms with Gasteiger partial charge >= 0.3 is 0 Å². The number of hydrogen-bond acceptors (Lipinski definition) is 5.